The van der Waals surface area contributed by atoms with Gasteiger partial charge in [-0.05, 0) is 24.6 Å². The molecule has 1 N–H and O–H groups in total. The SMILES string of the molecule is CCc1cc2c(OC)cc(C#N)cc2[nH]1. The number of H-pyrrole nitrogens is 1. The molecule has 3 heteroatoms. The van der Waals surface area contributed by atoms with Crippen LogP contribution in [0.5, 0.6) is 5.75 Å². The smallest absolute Gasteiger partial charge is 0.129 e. The molecular formula is C12H12N2O. The van der Waals surface area contributed by atoms with Gasteiger partial charge in [0.05, 0.1) is 24.3 Å². The molecule has 2 aromatic rings. The third kappa shape index (κ3) is 1.55. The van der Waals surface area contributed by atoms with E-state index in [0.717, 1.165) is 28.8 Å². The topological polar surface area (TPSA) is 48.8 Å². The quantitative estimate of drug-likeness (QED) is 0.810. The fourth-order valence-electron chi connectivity index (χ4n) is 1.69. The number of aryl methyl sites for hydroxylation is 1. The number of ether oxygens (including phenoxy) is 1. The van der Waals surface area contributed by atoms with E-state index < -0.39 is 0 Å². The molecule has 1 heterocycles. The molecule has 0 spiro atoms. The lowest BCUT2D eigenvalue weighted by atomic mass is 10.1. The number of methoxy groups -OCH3 is 1. The molecule has 0 amide bonds. The van der Waals surface area contributed by atoms with Crippen molar-refractivity contribution in [3.8, 4) is 11.8 Å². The fraction of sp³-hybridized carbons (Fsp3) is 0.250. The molecule has 0 aliphatic heterocycles. The number of aromatic amines is 1. The van der Waals surface area contributed by atoms with Gasteiger partial charge in [0.2, 0.25) is 0 Å². The second-order valence-electron chi connectivity index (χ2n) is 3.40. The Morgan fingerprint density at radius 2 is 2.20 bits per heavy atom. The van der Waals surface area contributed by atoms with Gasteiger partial charge in [-0.3, -0.25) is 0 Å². The predicted octanol–water partition coefficient (Wildman–Crippen LogP) is 2.61. The fourth-order valence-corrected chi connectivity index (χ4v) is 1.69. The Hall–Kier alpha value is -1.95. The number of rotatable bonds is 2. The molecule has 0 aliphatic rings. The first-order valence-corrected chi connectivity index (χ1v) is 4.88. The van der Waals surface area contributed by atoms with Gasteiger partial charge in [0, 0.05) is 11.1 Å². The highest BCUT2D eigenvalue weighted by atomic mass is 16.5. The first kappa shape index (κ1) is 9.60. The first-order valence-electron chi connectivity index (χ1n) is 4.88. The van der Waals surface area contributed by atoms with Gasteiger partial charge >= 0.3 is 0 Å². The van der Waals surface area contributed by atoms with Crippen LogP contribution in [0.1, 0.15) is 18.2 Å². The van der Waals surface area contributed by atoms with E-state index in [1.165, 1.54) is 0 Å². The number of aromatic nitrogens is 1. The Kier molecular flexibility index (Phi) is 2.34. The number of hydrogen-bond acceptors (Lipinski definition) is 2. The molecular weight excluding hydrogens is 188 g/mol. The molecule has 0 unspecified atom stereocenters. The van der Waals surface area contributed by atoms with Crippen LogP contribution in [0.25, 0.3) is 10.9 Å². The highest BCUT2D eigenvalue weighted by molar-refractivity contribution is 5.88. The van der Waals surface area contributed by atoms with Crippen LogP contribution in [0.2, 0.25) is 0 Å². The van der Waals surface area contributed by atoms with Crippen molar-refractivity contribution in [1.82, 2.24) is 4.98 Å². The van der Waals surface area contributed by atoms with Gasteiger partial charge in [-0.1, -0.05) is 6.92 Å². The van der Waals surface area contributed by atoms with Crippen molar-refractivity contribution in [3.63, 3.8) is 0 Å². The molecule has 76 valence electrons. The zero-order chi connectivity index (χ0) is 10.8. The van der Waals surface area contributed by atoms with Gasteiger partial charge in [0.1, 0.15) is 5.75 Å². The van der Waals surface area contributed by atoms with Crippen molar-refractivity contribution in [2.75, 3.05) is 7.11 Å². The van der Waals surface area contributed by atoms with Crippen LogP contribution in [0.4, 0.5) is 0 Å². The molecule has 15 heavy (non-hydrogen) atoms. The monoisotopic (exact) mass is 200 g/mol. The molecule has 0 atom stereocenters. The van der Waals surface area contributed by atoms with Crippen LogP contribution in [0, 0.1) is 11.3 Å². The summed E-state index contributed by atoms with van der Waals surface area (Å²) in [4.78, 5) is 3.26. The first-order chi connectivity index (χ1) is 7.28. The van der Waals surface area contributed by atoms with Crippen molar-refractivity contribution in [2.24, 2.45) is 0 Å². The summed E-state index contributed by atoms with van der Waals surface area (Å²) in [6.07, 6.45) is 0.944. The van der Waals surface area contributed by atoms with E-state index in [4.69, 9.17) is 10.00 Å². The second-order valence-corrected chi connectivity index (χ2v) is 3.40. The van der Waals surface area contributed by atoms with E-state index in [2.05, 4.69) is 24.0 Å². The molecule has 0 bridgehead atoms. The Balaban J connectivity index is 2.73. The van der Waals surface area contributed by atoms with Crippen molar-refractivity contribution in [1.29, 1.82) is 5.26 Å². The van der Waals surface area contributed by atoms with Crippen LogP contribution < -0.4 is 4.74 Å². The average Bonchev–Trinajstić information content (AvgIpc) is 2.70. The van der Waals surface area contributed by atoms with Gasteiger partial charge < -0.3 is 9.72 Å². The van der Waals surface area contributed by atoms with Crippen molar-refractivity contribution >= 4 is 10.9 Å². The minimum Gasteiger partial charge on any atom is -0.496 e. The van der Waals surface area contributed by atoms with Crippen LogP contribution >= 0.6 is 0 Å². The minimum absolute atomic E-state index is 0.615. The molecule has 0 saturated carbocycles. The molecule has 3 nitrogen and oxygen atoms in total. The second kappa shape index (κ2) is 3.66. The maximum absolute atomic E-state index is 8.86. The van der Waals surface area contributed by atoms with Gasteiger partial charge in [0.15, 0.2) is 0 Å². The lowest BCUT2D eigenvalue weighted by Gasteiger charge is -2.01. The third-order valence-corrected chi connectivity index (χ3v) is 2.49. The lowest BCUT2D eigenvalue weighted by Crippen LogP contribution is -1.85. The molecule has 0 radical (unpaired) electrons. The Bertz CT molecular complexity index is 534. The number of nitriles is 1. The van der Waals surface area contributed by atoms with Gasteiger partial charge in [-0.25, -0.2) is 0 Å². The highest BCUT2D eigenvalue weighted by Gasteiger charge is 2.07. The molecule has 0 fully saturated rings. The van der Waals surface area contributed by atoms with Gasteiger partial charge in [0.25, 0.3) is 0 Å². The summed E-state index contributed by atoms with van der Waals surface area (Å²) in [5, 5.41) is 9.90. The Labute approximate surface area is 88.3 Å². The molecule has 1 aromatic heterocycles. The minimum atomic E-state index is 0.615. The van der Waals surface area contributed by atoms with Crippen LogP contribution in [-0.2, 0) is 6.42 Å². The van der Waals surface area contributed by atoms with E-state index in [9.17, 15) is 0 Å². The summed E-state index contributed by atoms with van der Waals surface area (Å²) in [5.74, 6) is 0.750. The van der Waals surface area contributed by atoms with Crippen LogP contribution in [0.15, 0.2) is 18.2 Å². The molecule has 2 rings (SSSR count). The maximum atomic E-state index is 8.86. The summed E-state index contributed by atoms with van der Waals surface area (Å²) < 4.78 is 5.26. The summed E-state index contributed by atoms with van der Waals surface area (Å²) in [6.45, 7) is 2.09. The summed E-state index contributed by atoms with van der Waals surface area (Å²) >= 11 is 0. The number of hydrogen-bond donors (Lipinski definition) is 1. The van der Waals surface area contributed by atoms with Crippen molar-refractivity contribution in [3.05, 3.63) is 29.5 Å². The largest absolute Gasteiger partial charge is 0.496 e. The summed E-state index contributed by atoms with van der Waals surface area (Å²) in [7, 11) is 1.62. The van der Waals surface area contributed by atoms with Crippen molar-refractivity contribution < 1.29 is 4.74 Å². The van der Waals surface area contributed by atoms with E-state index in [0.29, 0.717) is 5.56 Å². The third-order valence-electron chi connectivity index (χ3n) is 2.49. The Morgan fingerprint density at radius 3 is 2.80 bits per heavy atom. The zero-order valence-corrected chi connectivity index (χ0v) is 8.79. The normalized spacial score (nSPS) is 10.2. The van der Waals surface area contributed by atoms with Crippen molar-refractivity contribution in [2.45, 2.75) is 13.3 Å². The van der Waals surface area contributed by atoms with Gasteiger partial charge in [-0.15, -0.1) is 0 Å². The van der Waals surface area contributed by atoms with E-state index in [1.54, 1.807) is 13.2 Å². The molecule has 0 aliphatic carbocycles. The van der Waals surface area contributed by atoms with E-state index >= 15 is 0 Å². The zero-order valence-electron chi connectivity index (χ0n) is 8.79. The van der Waals surface area contributed by atoms with E-state index in [1.807, 2.05) is 6.07 Å². The van der Waals surface area contributed by atoms with E-state index in [-0.39, 0.29) is 0 Å². The highest BCUT2D eigenvalue weighted by Crippen LogP contribution is 2.28. The predicted molar refractivity (Wildman–Crippen MR) is 58.9 cm³/mol. The maximum Gasteiger partial charge on any atom is 0.129 e. The average molecular weight is 200 g/mol. The number of benzene rings is 1. The number of nitrogens with one attached hydrogen (secondary N) is 1. The standard InChI is InChI=1S/C12H12N2O/c1-3-9-6-10-11(14-9)4-8(7-13)5-12(10)15-2/h4-6,14H,3H2,1-2H3. The molecule has 1 aromatic carbocycles. The number of nitrogens with zero attached hydrogens (tertiary/aromatic N) is 1. The Morgan fingerprint density at radius 1 is 1.40 bits per heavy atom. The lowest BCUT2D eigenvalue weighted by molar-refractivity contribution is 0.419. The van der Waals surface area contributed by atoms with Crippen LogP contribution in [-0.4, -0.2) is 12.1 Å². The van der Waals surface area contributed by atoms with Gasteiger partial charge in [-0.2, -0.15) is 5.26 Å². The summed E-state index contributed by atoms with van der Waals surface area (Å²) in [5.41, 5.74) is 2.73. The number of fused-ring (bicyclic) bond motifs is 1. The summed E-state index contributed by atoms with van der Waals surface area (Å²) in [6, 6.07) is 7.79. The van der Waals surface area contributed by atoms with Crippen LogP contribution in [0.3, 0.4) is 0 Å². The molecule has 0 saturated heterocycles.